The molecule has 0 radical (unpaired) electrons. The number of nitrogens with one attached hydrogen (secondary N) is 1. The zero-order chi connectivity index (χ0) is 10.1. The maximum atomic E-state index is 12.1. The van der Waals surface area contributed by atoms with E-state index in [1.807, 2.05) is 0 Å². The molecule has 84 valence electrons. The Labute approximate surface area is 85.1 Å². The topological polar surface area (TPSA) is 49.3 Å². The monoisotopic (exact) mass is 233 g/mol. The Kier molecular flexibility index (Phi) is 4.67. The molecule has 1 heterocycles. The molecule has 0 aromatic rings. The second kappa shape index (κ2) is 4.84. The summed E-state index contributed by atoms with van der Waals surface area (Å²) in [6, 6.07) is -1.66. The van der Waals surface area contributed by atoms with E-state index in [4.69, 9.17) is 5.11 Å². The molecule has 14 heavy (non-hydrogen) atoms. The van der Waals surface area contributed by atoms with Gasteiger partial charge in [0.25, 0.3) is 0 Å². The van der Waals surface area contributed by atoms with Crippen LogP contribution in [0, 0.1) is 5.92 Å². The van der Waals surface area contributed by atoms with Gasteiger partial charge in [0.2, 0.25) is 0 Å². The summed E-state index contributed by atoms with van der Waals surface area (Å²) in [5.41, 5.74) is 0. The Morgan fingerprint density at radius 1 is 1.43 bits per heavy atom. The molecular weight excluding hydrogens is 223 g/mol. The van der Waals surface area contributed by atoms with E-state index in [1.165, 1.54) is 0 Å². The van der Waals surface area contributed by atoms with Gasteiger partial charge in [-0.2, -0.15) is 13.2 Å². The second-order valence-corrected chi connectivity index (χ2v) is 3.11. The lowest BCUT2D eigenvalue weighted by molar-refractivity contribution is -0.168. The van der Waals surface area contributed by atoms with Gasteiger partial charge in [-0.3, -0.25) is 4.79 Å². The first-order chi connectivity index (χ1) is 5.91. The zero-order valence-corrected chi connectivity index (χ0v) is 7.99. The Bertz CT molecular complexity index is 210. The van der Waals surface area contributed by atoms with E-state index in [0.29, 0.717) is 0 Å². The molecule has 0 spiro atoms. The van der Waals surface area contributed by atoms with Crippen LogP contribution < -0.4 is 5.32 Å². The van der Waals surface area contributed by atoms with Crippen LogP contribution in [0.3, 0.4) is 0 Å². The van der Waals surface area contributed by atoms with Gasteiger partial charge >= 0.3 is 12.1 Å². The fourth-order valence-electron chi connectivity index (χ4n) is 1.39. The fraction of sp³-hybridized carbons (Fsp3) is 0.857. The maximum absolute atomic E-state index is 12.1. The minimum Gasteiger partial charge on any atom is -0.481 e. The molecule has 1 saturated heterocycles. The first-order valence-electron chi connectivity index (χ1n) is 3.94. The van der Waals surface area contributed by atoms with Gasteiger partial charge in [0.15, 0.2) is 0 Å². The highest BCUT2D eigenvalue weighted by molar-refractivity contribution is 5.85. The molecule has 3 nitrogen and oxygen atoms in total. The summed E-state index contributed by atoms with van der Waals surface area (Å²) >= 11 is 0. The van der Waals surface area contributed by atoms with Gasteiger partial charge in [-0.25, -0.2) is 0 Å². The molecule has 0 aliphatic carbocycles. The summed E-state index contributed by atoms with van der Waals surface area (Å²) in [6.07, 6.45) is -4.44. The molecule has 2 unspecified atom stereocenters. The average Bonchev–Trinajstić information content (AvgIpc) is 2.03. The largest absolute Gasteiger partial charge is 0.481 e. The SMILES string of the molecule is Cl.O=C(O)C1CCNC(C(F)(F)F)C1. The normalized spacial score (nSPS) is 27.9. The van der Waals surface area contributed by atoms with Crippen molar-refractivity contribution in [1.82, 2.24) is 5.32 Å². The summed E-state index contributed by atoms with van der Waals surface area (Å²) in [6.45, 7) is 0.112. The lowest BCUT2D eigenvalue weighted by Gasteiger charge is -2.29. The first kappa shape index (κ1) is 13.5. The molecule has 7 heteroatoms. The number of carboxylic acid groups (broad SMARTS) is 1. The summed E-state index contributed by atoms with van der Waals surface area (Å²) in [7, 11) is 0. The van der Waals surface area contributed by atoms with Crippen LogP contribution in [0.15, 0.2) is 0 Å². The molecule has 1 aliphatic heterocycles. The van der Waals surface area contributed by atoms with E-state index in [-0.39, 0.29) is 31.8 Å². The van der Waals surface area contributed by atoms with Crippen LogP contribution in [0.2, 0.25) is 0 Å². The van der Waals surface area contributed by atoms with E-state index >= 15 is 0 Å². The van der Waals surface area contributed by atoms with E-state index in [2.05, 4.69) is 5.32 Å². The third kappa shape index (κ3) is 3.34. The highest BCUT2D eigenvalue weighted by Crippen LogP contribution is 2.28. The number of carboxylic acids is 1. The van der Waals surface area contributed by atoms with Gasteiger partial charge in [0.05, 0.1) is 5.92 Å². The highest BCUT2D eigenvalue weighted by Gasteiger charge is 2.43. The van der Waals surface area contributed by atoms with E-state index < -0.39 is 24.1 Å². The van der Waals surface area contributed by atoms with E-state index in [0.717, 1.165) is 0 Å². The van der Waals surface area contributed by atoms with Crippen LogP contribution in [-0.2, 0) is 4.79 Å². The van der Waals surface area contributed by atoms with Crippen molar-refractivity contribution in [2.75, 3.05) is 6.54 Å². The number of carbonyl (C=O) groups is 1. The number of rotatable bonds is 1. The van der Waals surface area contributed by atoms with E-state index in [9.17, 15) is 18.0 Å². The number of hydrogen-bond acceptors (Lipinski definition) is 2. The Morgan fingerprint density at radius 2 is 2.00 bits per heavy atom. The molecule has 1 aliphatic rings. The standard InChI is InChI=1S/C7H10F3NO2.ClH/c8-7(9,10)5-3-4(6(12)13)1-2-11-5;/h4-5,11H,1-3H2,(H,12,13);1H. The van der Waals surface area contributed by atoms with Crippen LogP contribution in [0.5, 0.6) is 0 Å². The molecule has 1 fully saturated rings. The number of piperidine rings is 1. The molecular formula is C7H11ClF3NO2. The van der Waals surface area contributed by atoms with Crippen molar-refractivity contribution >= 4 is 18.4 Å². The van der Waals surface area contributed by atoms with Crippen molar-refractivity contribution in [2.45, 2.75) is 25.1 Å². The smallest absolute Gasteiger partial charge is 0.403 e. The van der Waals surface area contributed by atoms with Crippen molar-refractivity contribution < 1.29 is 23.1 Å². The maximum Gasteiger partial charge on any atom is 0.403 e. The van der Waals surface area contributed by atoms with Crippen LogP contribution >= 0.6 is 12.4 Å². The molecule has 0 saturated carbocycles. The molecule has 2 atom stereocenters. The first-order valence-corrected chi connectivity index (χ1v) is 3.94. The number of aliphatic carboxylic acids is 1. The van der Waals surface area contributed by atoms with Crippen LogP contribution in [-0.4, -0.2) is 29.8 Å². The van der Waals surface area contributed by atoms with Gasteiger partial charge in [0, 0.05) is 0 Å². The zero-order valence-electron chi connectivity index (χ0n) is 7.17. The third-order valence-corrected chi connectivity index (χ3v) is 2.15. The summed E-state index contributed by atoms with van der Waals surface area (Å²) in [4.78, 5) is 10.4. The quantitative estimate of drug-likeness (QED) is 0.720. The number of alkyl halides is 3. The second-order valence-electron chi connectivity index (χ2n) is 3.11. The molecule has 0 aromatic heterocycles. The fourth-order valence-corrected chi connectivity index (χ4v) is 1.39. The van der Waals surface area contributed by atoms with Crippen LogP contribution in [0.25, 0.3) is 0 Å². The van der Waals surface area contributed by atoms with Crippen molar-refractivity contribution in [3.63, 3.8) is 0 Å². The van der Waals surface area contributed by atoms with Gasteiger partial charge in [-0.1, -0.05) is 0 Å². The Balaban J connectivity index is 0.00000169. The van der Waals surface area contributed by atoms with Crippen molar-refractivity contribution in [3.05, 3.63) is 0 Å². The van der Waals surface area contributed by atoms with Gasteiger partial charge in [-0.05, 0) is 19.4 Å². The van der Waals surface area contributed by atoms with Gasteiger partial charge in [0.1, 0.15) is 6.04 Å². The molecule has 2 N–H and O–H groups in total. The average molecular weight is 234 g/mol. The number of halogens is 4. The summed E-state index contributed by atoms with van der Waals surface area (Å²) in [5, 5.41) is 10.8. The summed E-state index contributed by atoms with van der Waals surface area (Å²) in [5.74, 6) is -2.01. The number of hydrogen-bond donors (Lipinski definition) is 2. The molecule has 1 rings (SSSR count). The van der Waals surface area contributed by atoms with Gasteiger partial charge < -0.3 is 10.4 Å². The molecule has 0 bridgehead atoms. The summed E-state index contributed by atoms with van der Waals surface area (Å²) < 4.78 is 36.4. The predicted octanol–water partition coefficient (Wildman–Crippen LogP) is 1.42. The predicted molar refractivity (Wildman–Crippen MR) is 45.5 cm³/mol. The Hall–Kier alpha value is -0.490. The van der Waals surface area contributed by atoms with Crippen molar-refractivity contribution in [2.24, 2.45) is 5.92 Å². The highest BCUT2D eigenvalue weighted by atomic mass is 35.5. The van der Waals surface area contributed by atoms with Crippen LogP contribution in [0.4, 0.5) is 13.2 Å². The van der Waals surface area contributed by atoms with Gasteiger partial charge in [-0.15, -0.1) is 12.4 Å². The minimum absolute atomic E-state index is 0. The van der Waals surface area contributed by atoms with Crippen molar-refractivity contribution in [1.29, 1.82) is 0 Å². The molecule has 0 amide bonds. The third-order valence-electron chi connectivity index (χ3n) is 2.15. The lowest BCUT2D eigenvalue weighted by atomic mass is 9.92. The molecule has 0 aromatic carbocycles. The van der Waals surface area contributed by atoms with Crippen molar-refractivity contribution in [3.8, 4) is 0 Å². The Morgan fingerprint density at radius 3 is 2.43 bits per heavy atom. The lowest BCUT2D eigenvalue weighted by Crippen LogP contribution is -2.48. The minimum atomic E-state index is -4.34. The van der Waals surface area contributed by atoms with Crippen LogP contribution in [0.1, 0.15) is 12.8 Å². The van der Waals surface area contributed by atoms with E-state index in [1.54, 1.807) is 0 Å².